The Labute approximate surface area is 92.1 Å². The van der Waals surface area contributed by atoms with Crippen LogP contribution in [-0.2, 0) is 4.74 Å². The molecule has 0 heterocycles. The van der Waals surface area contributed by atoms with Crippen LogP contribution in [0, 0.1) is 5.92 Å². The minimum absolute atomic E-state index is 0.445. The lowest BCUT2D eigenvalue weighted by molar-refractivity contribution is -0.000797. The Morgan fingerprint density at radius 2 is 2.00 bits per heavy atom. The van der Waals surface area contributed by atoms with Crippen molar-refractivity contribution in [2.24, 2.45) is 16.6 Å². The molecule has 2 rings (SSSR count). The van der Waals surface area contributed by atoms with Gasteiger partial charge in [0.2, 0.25) is 0 Å². The topological polar surface area (TPSA) is 47.6 Å². The predicted molar refractivity (Wildman–Crippen MR) is 62.0 cm³/mol. The highest BCUT2D eigenvalue weighted by Crippen LogP contribution is 2.29. The van der Waals surface area contributed by atoms with Crippen molar-refractivity contribution in [3.8, 4) is 0 Å². The summed E-state index contributed by atoms with van der Waals surface area (Å²) in [7, 11) is 0. The highest BCUT2D eigenvalue weighted by molar-refractivity contribution is 5.83. The molecule has 0 bridgehead atoms. The number of hydrogen-bond donors (Lipinski definition) is 1. The van der Waals surface area contributed by atoms with Crippen molar-refractivity contribution in [1.29, 1.82) is 0 Å². The zero-order valence-corrected chi connectivity index (χ0v) is 9.61. The van der Waals surface area contributed by atoms with E-state index in [4.69, 9.17) is 10.5 Å². The van der Waals surface area contributed by atoms with E-state index in [1.165, 1.54) is 25.7 Å². The van der Waals surface area contributed by atoms with Gasteiger partial charge in [-0.3, -0.25) is 4.99 Å². The van der Waals surface area contributed by atoms with E-state index in [0.717, 1.165) is 25.3 Å². The molecule has 2 aliphatic rings. The molecule has 0 saturated heterocycles. The molecule has 15 heavy (non-hydrogen) atoms. The van der Waals surface area contributed by atoms with Gasteiger partial charge in [-0.2, -0.15) is 0 Å². The molecule has 3 heteroatoms. The molecule has 0 aromatic heterocycles. The summed E-state index contributed by atoms with van der Waals surface area (Å²) in [6, 6.07) is 0.446. The van der Waals surface area contributed by atoms with Crippen LogP contribution in [0.2, 0.25) is 0 Å². The predicted octanol–water partition coefficient (Wildman–Crippen LogP) is 2.10. The molecule has 0 aromatic carbocycles. The first-order valence-electron chi connectivity index (χ1n) is 6.24. The first-order chi connectivity index (χ1) is 7.29. The van der Waals surface area contributed by atoms with Crippen LogP contribution in [0.25, 0.3) is 0 Å². The number of rotatable bonds is 4. The maximum atomic E-state index is 6.02. The van der Waals surface area contributed by atoms with Gasteiger partial charge in [0.15, 0.2) is 0 Å². The van der Waals surface area contributed by atoms with Crippen molar-refractivity contribution in [2.75, 3.05) is 6.61 Å². The van der Waals surface area contributed by atoms with Crippen molar-refractivity contribution in [1.82, 2.24) is 0 Å². The standard InChI is InChI=1S/C12H22N2O/c1-2-15-11-7-10(8-11)14-12(13)9-5-3-4-6-9/h9-11H,2-8H2,1H3,(H2,13,14). The highest BCUT2D eigenvalue weighted by atomic mass is 16.5. The zero-order chi connectivity index (χ0) is 10.7. The van der Waals surface area contributed by atoms with Crippen LogP contribution in [0.1, 0.15) is 45.4 Å². The first kappa shape index (κ1) is 10.9. The van der Waals surface area contributed by atoms with Gasteiger partial charge in [0.1, 0.15) is 0 Å². The summed E-state index contributed by atoms with van der Waals surface area (Å²) >= 11 is 0. The Morgan fingerprint density at radius 3 is 2.60 bits per heavy atom. The van der Waals surface area contributed by atoms with E-state index in [1.54, 1.807) is 0 Å². The summed E-state index contributed by atoms with van der Waals surface area (Å²) in [5.74, 6) is 1.49. The van der Waals surface area contributed by atoms with Gasteiger partial charge in [0.25, 0.3) is 0 Å². The molecule has 0 spiro atoms. The van der Waals surface area contributed by atoms with E-state index < -0.39 is 0 Å². The largest absolute Gasteiger partial charge is 0.387 e. The van der Waals surface area contributed by atoms with Gasteiger partial charge in [-0.05, 0) is 32.6 Å². The lowest BCUT2D eigenvalue weighted by Gasteiger charge is -2.32. The second-order valence-electron chi connectivity index (χ2n) is 4.74. The molecule has 2 N–H and O–H groups in total. The summed E-state index contributed by atoms with van der Waals surface area (Å²) in [4.78, 5) is 4.61. The normalized spacial score (nSPS) is 33.0. The maximum absolute atomic E-state index is 6.02. The summed E-state index contributed by atoms with van der Waals surface area (Å²) in [6.07, 6.45) is 7.73. The van der Waals surface area contributed by atoms with Crippen molar-refractivity contribution >= 4 is 5.84 Å². The molecule has 0 aliphatic heterocycles. The number of amidine groups is 1. The molecule has 3 nitrogen and oxygen atoms in total. The smallest absolute Gasteiger partial charge is 0.0971 e. The molecular weight excluding hydrogens is 188 g/mol. The van der Waals surface area contributed by atoms with Crippen molar-refractivity contribution in [3.63, 3.8) is 0 Å². The lowest BCUT2D eigenvalue weighted by atomic mass is 9.89. The molecule has 2 fully saturated rings. The van der Waals surface area contributed by atoms with Crippen LogP contribution in [-0.4, -0.2) is 24.6 Å². The van der Waals surface area contributed by atoms with E-state index >= 15 is 0 Å². The fourth-order valence-corrected chi connectivity index (χ4v) is 2.55. The number of nitrogens with zero attached hydrogens (tertiary/aromatic N) is 1. The lowest BCUT2D eigenvalue weighted by Crippen LogP contribution is -2.36. The van der Waals surface area contributed by atoms with Gasteiger partial charge < -0.3 is 10.5 Å². The molecular formula is C12H22N2O. The zero-order valence-electron chi connectivity index (χ0n) is 9.61. The number of aliphatic imine (C=N–C) groups is 1. The third-order valence-corrected chi connectivity index (χ3v) is 3.58. The van der Waals surface area contributed by atoms with Crippen LogP contribution in [0.5, 0.6) is 0 Å². The van der Waals surface area contributed by atoms with E-state index in [2.05, 4.69) is 4.99 Å². The summed E-state index contributed by atoms with van der Waals surface area (Å²) in [5.41, 5.74) is 6.02. The quantitative estimate of drug-likeness (QED) is 0.570. The van der Waals surface area contributed by atoms with Crippen LogP contribution >= 0.6 is 0 Å². The molecule has 0 amide bonds. The van der Waals surface area contributed by atoms with Crippen LogP contribution in [0.15, 0.2) is 4.99 Å². The monoisotopic (exact) mass is 210 g/mol. The van der Waals surface area contributed by atoms with Gasteiger partial charge in [0.05, 0.1) is 18.0 Å². The molecule has 0 radical (unpaired) electrons. The van der Waals surface area contributed by atoms with Crippen LogP contribution in [0.3, 0.4) is 0 Å². The fourth-order valence-electron chi connectivity index (χ4n) is 2.55. The maximum Gasteiger partial charge on any atom is 0.0971 e. The molecule has 0 atom stereocenters. The van der Waals surface area contributed by atoms with Crippen molar-refractivity contribution in [2.45, 2.75) is 57.6 Å². The number of hydrogen-bond acceptors (Lipinski definition) is 2. The van der Waals surface area contributed by atoms with Crippen LogP contribution in [0.4, 0.5) is 0 Å². The van der Waals surface area contributed by atoms with E-state index in [-0.39, 0.29) is 0 Å². The van der Waals surface area contributed by atoms with Gasteiger partial charge in [0, 0.05) is 12.5 Å². The average Bonchev–Trinajstić information content (AvgIpc) is 2.67. The SMILES string of the molecule is CCOC1CC(N=C(N)C2CCCC2)C1. The van der Waals surface area contributed by atoms with E-state index in [0.29, 0.717) is 18.1 Å². The third-order valence-electron chi connectivity index (χ3n) is 3.58. The third kappa shape index (κ3) is 2.71. The minimum Gasteiger partial charge on any atom is -0.387 e. The van der Waals surface area contributed by atoms with Gasteiger partial charge in [-0.15, -0.1) is 0 Å². The van der Waals surface area contributed by atoms with E-state index in [1.807, 2.05) is 6.92 Å². The van der Waals surface area contributed by atoms with E-state index in [9.17, 15) is 0 Å². The highest BCUT2D eigenvalue weighted by Gasteiger charge is 2.30. The number of ether oxygens (including phenoxy) is 1. The molecule has 86 valence electrons. The Bertz CT molecular complexity index is 228. The molecule has 0 aromatic rings. The summed E-state index contributed by atoms with van der Waals surface area (Å²) in [5, 5.41) is 0. The molecule has 2 aliphatic carbocycles. The van der Waals surface area contributed by atoms with Gasteiger partial charge in [-0.25, -0.2) is 0 Å². The summed E-state index contributed by atoms with van der Waals surface area (Å²) < 4.78 is 5.51. The van der Waals surface area contributed by atoms with Gasteiger partial charge >= 0.3 is 0 Å². The van der Waals surface area contributed by atoms with Gasteiger partial charge in [-0.1, -0.05) is 12.8 Å². The minimum atomic E-state index is 0.445. The van der Waals surface area contributed by atoms with Crippen molar-refractivity contribution < 1.29 is 4.74 Å². The average molecular weight is 210 g/mol. The Morgan fingerprint density at radius 1 is 1.33 bits per heavy atom. The molecule has 0 unspecified atom stereocenters. The second-order valence-corrected chi connectivity index (χ2v) is 4.74. The Balaban J connectivity index is 1.74. The fraction of sp³-hybridized carbons (Fsp3) is 0.917. The van der Waals surface area contributed by atoms with Crippen LogP contribution < -0.4 is 5.73 Å². The van der Waals surface area contributed by atoms with Crippen molar-refractivity contribution in [3.05, 3.63) is 0 Å². The second kappa shape index (κ2) is 4.97. The number of nitrogens with two attached hydrogens (primary N) is 1. The molecule has 2 saturated carbocycles. The first-order valence-corrected chi connectivity index (χ1v) is 6.24. The Hall–Kier alpha value is -0.570. The Kier molecular flexibility index (Phi) is 3.62. The summed E-state index contributed by atoms with van der Waals surface area (Å²) in [6.45, 7) is 2.86.